The Hall–Kier alpha value is -2.83. The Kier molecular flexibility index (Phi) is 5.77. The molecule has 7 heteroatoms. The first kappa shape index (κ1) is 21.4. The van der Waals surface area contributed by atoms with E-state index in [1.54, 1.807) is 43.5 Å². The summed E-state index contributed by atoms with van der Waals surface area (Å²) in [7, 11) is 1.59. The molecule has 0 N–H and O–H groups in total. The third-order valence-electron chi connectivity index (χ3n) is 5.59. The van der Waals surface area contributed by atoms with Crippen molar-refractivity contribution in [2.45, 2.75) is 33.0 Å². The zero-order valence-corrected chi connectivity index (χ0v) is 18.8. The molecule has 4 rings (SSSR count). The van der Waals surface area contributed by atoms with E-state index in [2.05, 4.69) is 0 Å². The van der Waals surface area contributed by atoms with Gasteiger partial charge in [0, 0.05) is 18.1 Å². The fraction of sp³-hybridized carbons (Fsp3) is 0.333. The maximum Gasteiger partial charge on any atom is 0.282 e. The molecule has 0 bridgehead atoms. The lowest BCUT2D eigenvalue weighted by atomic mass is 10.0. The largest absolute Gasteiger partial charge is 0.497 e. The van der Waals surface area contributed by atoms with Gasteiger partial charge in [-0.15, -0.1) is 0 Å². The molecule has 0 aliphatic carbocycles. The van der Waals surface area contributed by atoms with Gasteiger partial charge in [-0.1, -0.05) is 29.8 Å². The quantitative estimate of drug-likeness (QED) is 0.671. The molecule has 0 spiro atoms. The van der Waals surface area contributed by atoms with Crippen LogP contribution in [0.3, 0.4) is 0 Å². The standard InChI is InChI=1S/C24H25ClN2O4/c1-14-5-8-18(25)11-20(14)27-23(28)21(17-6-9-19(30-4)10-7-17)22(24(27)29)26-12-15(2)31-16(3)13-26/h5-11,15-16H,12-13H2,1-4H3. The number of carbonyl (C=O) groups excluding carboxylic acids is 2. The minimum Gasteiger partial charge on any atom is -0.497 e. The second-order valence-electron chi connectivity index (χ2n) is 7.99. The van der Waals surface area contributed by atoms with Crippen molar-refractivity contribution < 1.29 is 19.1 Å². The number of amides is 2. The van der Waals surface area contributed by atoms with Gasteiger partial charge in [0.2, 0.25) is 0 Å². The van der Waals surface area contributed by atoms with Crippen LogP contribution >= 0.6 is 11.6 Å². The van der Waals surface area contributed by atoms with Crippen molar-refractivity contribution in [3.8, 4) is 5.75 Å². The summed E-state index contributed by atoms with van der Waals surface area (Å²) in [5.41, 5.74) is 2.75. The number of halogens is 1. The Morgan fingerprint density at radius 2 is 1.65 bits per heavy atom. The normalized spacial score (nSPS) is 21.8. The van der Waals surface area contributed by atoms with Crippen molar-refractivity contribution in [2.24, 2.45) is 0 Å². The number of hydrogen-bond donors (Lipinski definition) is 0. The Labute approximate surface area is 187 Å². The Balaban J connectivity index is 1.85. The van der Waals surface area contributed by atoms with E-state index >= 15 is 0 Å². The van der Waals surface area contributed by atoms with Crippen LogP contribution in [0.25, 0.3) is 5.57 Å². The van der Waals surface area contributed by atoms with Crippen LogP contribution in [0.15, 0.2) is 48.2 Å². The molecule has 2 heterocycles. The lowest BCUT2D eigenvalue weighted by Crippen LogP contribution is -2.47. The highest BCUT2D eigenvalue weighted by Crippen LogP contribution is 2.38. The van der Waals surface area contributed by atoms with Gasteiger partial charge < -0.3 is 14.4 Å². The number of carbonyl (C=O) groups is 2. The predicted octanol–water partition coefficient (Wildman–Crippen LogP) is 4.05. The lowest BCUT2D eigenvalue weighted by Gasteiger charge is -2.37. The number of nitrogens with zero attached hydrogens (tertiary/aromatic N) is 2. The minimum absolute atomic E-state index is 0.0572. The monoisotopic (exact) mass is 440 g/mol. The first-order valence-corrected chi connectivity index (χ1v) is 10.6. The zero-order valence-electron chi connectivity index (χ0n) is 18.0. The van der Waals surface area contributed by atoms with E-state index in [0.29, 0.717) is 46.4 Å². The number of hydrogen-bond acceptors (Lipinski definition) is 5. The third-order valence-corrected chi connectivity index (χ3v) is 5.82. The van der Waals surface area contributed by atoms with E-state index in [1.807, 2.05) is 31.7 Å². The SMILES string of the molecule is COc1ccc(C2=C(N3CC(C)OC(C)C3)C(=O)N(c3cc(Cl)ccc3C)C2=O)cc1. The summed E-state index contributed by atoms with van der Waals surface area (Å²) in [5, 5.41) is 0.467. The van der Waals surface area contributed by atoms with Crippen LogP contribution in [-0.4, -0.2) is 49.1 Å². The minimum atomic E-state index is -0.359. The van der Waals surface area contributed by atoms with Gasteiger partial charge >= 0.3 is 0 Å². The molecule has 2 aromatic rings. The molecule has 2 aromatic carbocycles. The van der Waals surface area contributed by atoms with Gasteiger partial charge in [0.05, 0.1) is 30.6 Å². The highest BCUT2D eigenvalue weighted by Gasteiger charge is 2.44. The van der Waals surface area contributed by atoms with Crippen LogP contribution < -0.4 is 9.64 Å². The maximum atomic E-state index is 13.7. The molecule has 0 radical (unpaired) electrons. The van der Waals surface area contributed by atoms with E-state index < -0.39 is 0 Å². The summed E-state index contributed by atoms with van der Waals surface area (Å²) < 4.78 is 11.1. The van der Waals surface area contributed by atoms with Gasteiger partial charge in [0.1, 0.15) is 11.4 Å². The van der Waals surface area contributed by atoms with Gasteiger partial charge in [-0.2, -0.15) is 0 Å². The summed E-state index contributed by atoms with van der Waals surface area (Å²) >= 11 is 6.20. The van der Waals surface area contributed by atoms with Crippen molar-refractivity contribution in [1.82, 2.24) is 4.90 Å². The molecule has 162 valence electrons. The fourth-order valence-electron chi connectivity index (χ4n) is 4.23. The summed E-state index contributed by atoms with van der Waals surface area (Å²) in [6.45, 7) is 6.85. The number of rotatable bonds is 4. The number of imide groups is 1. The van der Waals surface area contributed by atoms with Crippen molar-refractivity contribution in [2.75, 3.05) is 25.1 Å². The lowest BCUT2D eigenvalue weighted by molar-refractivity contribution is -0.121. The second kappa shape index (κ2) is 8.36. The Morgan fingerprint density at radius 3 is 2.26 bits per heavy atom. The Morgan fingerprint density at radius 1 is 1.00 bits per heavy atom. The molecule has 0 aromatic heterocycles. The summed E-state index contributed by atoms with van der Waals surface area (Å²) in [5.74, 6) is -0.0244. The number of benzene rings is 2. The van der Waals surface area contributed by atoms with Crippen LogP contribution in [0.1, 0.15) is 25.0 Å². The van der Waals surface area contributed by atoms with E-state index in [4.69, 9.17) is 21.1 Å². The number of methoxy groups -OCH3 is 1. The van der Waals surface area contributed by atoms with Gasteiger partial charge in [-0.3, -0.25) is 9.59 Å². The van der Waals surface area contributed by atoms with Crippen LogP contribution in [0.2, 0.25) is 5.02 Å². The van der Waals surface area contributed by atoms with E-state index in [-0.39, 0.29) is 24.0 Å². The average Bonchev–Trinajstić information content (AvgIpc) is 2.99. The van der Waals surface area contributed by atoms with Crippen molar-refractivity contribution >= 4 is 34.7 Å². The zero-order chi connectivity index (χ0) is 22.3. The smallest absolute Gasteiger partial charge is 0.282 e. The van der Waals surface area contributed by atoms with E-state index in [0.717, 1.165) is 5.56 Å². The van der Waals surface area contributed by atoms with Crippen LogP contribution in [0.4, 0.5) is 5.69 Å². The van der Waals surface area contributed by atoms with Crippen LogP contribution in [0.5, 0.6) is 5.75 Å². The second-order valence-corrected chi connectivity index (χ2v) is 8.43. The molecule has 31 heavy (non-hydrogen) atoms. The predicted molar refractivity (Wildman–Crippen MR) is 120 cm³/mol. The number of morpholine rings is 1. The molecule has 1 saturated heterocycles. The topological polar surface area (TPSA) is 59.1 Å². The van der Waals surface area contributed by atoms with Gasteiger partial charge in [0.25, 0.3) is 11.8 Å². The molecular formula is C24H25ClN2O4. The number of anilines is 1. The van der Waals surface area contributed by atoms with Crippen LogP contribution in [0, 0.1) is 6.92 Å². The van der Waals surface area contributed by atoms with Crippen molar-refractivity contribution in [3.63, 3.8) is 0 Å². The Bertz CT molecular complexity index is 1050. The fourth-order valence-corrected chi connectivity index (χ4v) is 4.40. The third kappa shape index (κ3) is 3.93. The maximum absolute atomic E-state index is 13.7. The van der Waals surface area contributed by atoms with Crippen molar-refractivity contribution in [3.05, 3.63) is 64.3 Å². The first-order valence-electron chi connectivity index (χ1n) is 10.2. The van der Waals surface area contributed by atoms with E-state index in [1.165, 1.54) is 4.90 Å². The molecule has 2 unspecified atom stereocenters. The summed E-state index contributed by atoms with van der Waals surface area (Å²) in [6, 6.07) is 12.4. The molecule has 1 fully saturated rings. The molecular weight excluding hydrogens is 416 g/mol. The van der Waals surface area contributed by atoms with Crippen LogP contribution in [-0.2, 0) is 14.3 Å². The highest BCUT2D eigenvalue weighted by atomic mass is 35.5. The number of ether oxygens (including phenoxy) is 2. The first-order chi connectivity index (χ1) is 14.8. The van der Waals surface area contributed by atoms with Crippen molar-refractivity contribution in [1.29, 1.82) is 0 Å². The average molecular weight is 441 g/mol. The molecule has 0 saturated carbocycles. The van der Waals surface area contributed by atoms with Gasteiger partial charge in [0.15, 0.2) is 0 Å². The number of aryl methyl sites for hydroxylation is 1. The molecule has 2 amide bonds. The highest BCUT2D eigenvalue weighted by molar-refractivity contribution is 6.45. The molecule has 2 aliphatic heterocycles. The van der Waals surface area contributed by atoms with E-state index in [9.17, 15) is 9.59 Å². The summed E-state index contributed by atoms with van der Waals surface area (Å²) in [4.78, 5) is 30.6. The molecule has 6 nitrogen and oxygen atoms in total. The van der Waals surface area contributed by atoms with Gasteiger partial charge in [-0.25, -0.2) is 4.90 Å². The molecule has 2 aliphatic rings. The summed E-state index contributed by atoms with van der Waals surface area (Å²) in [6.07, 6.45) is -0.114. The molecule has 2 atom stereocenters. The van der Waals surface area contributed by atoms with Gasteiger partial charge in [-0.05, 0) is 56.2 Å².